The first-order valence-electron chi connectivity index (χ1n) is 4.10. The van der Waals surface area contributed by atoms with E-state index in [4.69, 9.17) is 10.8 Å². The number of rotatable bonds is 2. The summed E-state index contributed by atoms with van der Waals surface area (Å²) in [7, 11) is 0. The van der Waals surface area contributed by atoms with Crippen LogP contribution in [0.4, 0.5) is 0 Å². The third-order valence-corrected chi connectivity index (χ3v) is 2.22. The van der Waals surface area contributed by atoms with Crippen LogP contribution in [0.2, 0.25) is 0 Å². The van der Waals surface area contributed by atoms with E-state index in [-0.39, 0.29) is 0 Å². The van der Waals surface area contributed by atoms with Crippen molar-refractivity contribution in [1.82, 2.24) is 0 Å². The molecule has 0 amide bonds. The Kier molecular flexibility index (Phi) is 2.68. The second kappa shape index (κ2) is 3.58. The van der Waals surface area contributed by atoms with Crippen molar-refractivity contribution in [2.45, 2.75) is 20.4 Å². The normalized spacial score (nSPS) is 10.1. The van der Waals surface area contributed by atoms with Crippen molar-refractivity contribution in [3.8, 4) is 0 Å². The van der Waals surface area contributed by atoms with Gasteiger partial charge in [-0.15, -0.1) is 0 Å². The number of hydrogen-bond donors (Lipinski definition) is 2. The van der Waals surface area contributed by atoms with Crippen LogP contribution in [-0.2, 0) is 6.54 Å². The molecule has 13 heavy (non-hydrogen) atoms. The minimum Gasteiger partial charge on any atom is -0.478 e. The first-order chi connectivity index (χ1) is 6.07. The Labute approximate surface area is 77.2 Å². The number of aromatic carboxylic acids is 1. The summed E-state index contributed by atoms with van der Waals surface area (Å²) in [6.07, 6.45) is 0. The number of benzene rings is 1. The van der Waals surface area contributed by atoms with Crippen molar-refractivity contribution in [2.75, 3.05) is 0 Å². The van der Waals surface area contributed by atoms with Crippen molar-refractivity contribution >= 4 is 5.97 Å². The Balaban J connectivity index is 3.38. The molecule has 0 bridgehead atoms. The van der Waals surface area contributed by atoms with E-state index >= 15 is 0 Å². The Morgan fingerprint density at radius 1 is 1.46 bits per heavy atom. The highest BCUT2D eigenvalue weighted by molar-refractivity contribution is 5.91. The minimum absolute atomic E-state index is 0.378. The van der Waals surface area contributed by atoms with Gasteiger partial charge in [-0.25, -0.2) is 4.79 Å². The molecule has 0 aliphatic heterocycles. The average Bonchev–Trinajstić information content (AvgIpc) is 2.04. The van der Waals surface area contributed by atoms with Gasteiger partial charge in [-0.1, -0.05) is 12.1 Å². The Bertz CT molecular complexity index is 345. The first-order valence-corrected chi connectivity index (χ1v) is 4.10. The molecule has 0 saturated heterocycles. The summed E-state index contributed by atoms with van der Waals surface area (Å²) in [6.45, 7) is 3.96. The van der Waals surface area contributed by atoms with Crippen LogP contribution in [0.25, 0.3) is 0 Å². The lowest BCUT2D eigenvalue weighted by molar-refractivity contribution is 0.0695. The molecular weight excluding hydrogens is 166 g/mol. The van der Waals surface area contributed by atoms with Crippen LogP contribution in [-0.4, -0.2) is 11.1 Å². The first kappa shape index (κ1) is 9.74. The second-order valence-electron chi connectivity index (χ2n) is 3.05. The van der Waals surface area contributed by atoms with Crippen LogP contribution in [0, 0.1) is 13.8 Å². The lowest BCUT2D eigenvalue weighted by atomic mass is 9.98. The minimum atomic E-state index is -0.884. The molecular formula is C10H13NO2. The molecule has 1 rings (SSSR count). The van der Waals surface area contributed by atoms with Gasteiger partial charge in [0.1, 0.15) is 0 Å². The van der Waals surface area contributed by atoms with E-state index in [1.807, 2.05) is 6.07 Å². The van der Waals surface area contributed by atoms with Crippen LogP contribution in [0.5, 0.6) is 0 Å². The van der Waals surface area contributed by atoms with Crippen LogP contribution >= 0.6 is 0 Å². The predicted octanol–water partition coefficient (Wildman–Crippen LogP) is 1.46. The number of hydrogen-bond acceptors (Lipinski definition) is 2. The second-order valence-corrected chi connectivity index (χ2v) is 3.05. The van der Waals surface area contributed by atoms with E-state index < -0.39 is 5.97 Å². The molecule has 0 radical (unpaired) electrons. The maximum atomic E-state index is 10.9. The van der Waals surface area contributed by atoms with Crippen molar-refractivity contribution in [1.29, 1.82) is 0 Å². The van der Waals surface area contributed by atoms with E-state index in [1.54, 1.807) is 19.9 Å². The zero-order valence-corrected chi connectivity index (χ0v) is 7.79. The molecule has 0 aliphatic rings. The lowest BCUT2D eigenvalue weighted by Crippen LogP contribution is -2.08. The van der Waals surface area contributed by atoms with Gasteiger partial charge in [-0.2, -0.15) is 0 Å². The SMILES string of the molecule is Cc1ccc(CN)c(C)c1C(=O)O. The number of nitrogens with two attached hydrogens (primary N) is 1. The van der Waals surface area contributed by atoms with Gasteiger partial charge in [0.05, 0.1) is 5.56 Å². The molecule has 1 aromatic rings. The van der Waals surface area contributed by atoms with Gasteiger partial charge < -0.3 is 10.8 Å². The molecule has 1 aromatic carbocycles. The average molecular weight is 179 g/mol. The molecule has 0 aromatic heterocycles. The van der Waals surface area contributed by atoms with Crippen molar-refractivity contribution in [2.24, 2.45) is 5.73 Å². The Morgan fingerprint density at radius 2 is 2.08 bits per heavy atom. The molecule has 0 spiro atoms. The van der Waals surface area contributed by atoms with Gasteiger partial charge in [-0.05, 0) is 30.5 Å². The zero-order chi connectivity index (χ0) is 10.0. The molecule has 0 fully saturated rings. The van der Waals surface area contributed by atoms with Crippen LogP contribution < -0.4 is 5.73 Å². The van der Waals surface area contributed by atoms with Crippen LogP contribution in [0.15, 0.2) is 12.1 Å². The maximum absolute atomic E-state index is 10.9. The molecule has 3 heteroatoms. The summed E-state index contributed by atoms with van der Waals surface area (Å²) in [4.78, 5) is 10.9. The monoisotopic (exact) mass is 179 g/mol. The Hall–Kier alpha value is -1.35. The lowest BCUT2D eigenvalue weighted by Gasteiger charge is -2.09. The summed E-state index contributed by atoms with van der Waals surface area (Å²) in [6, 6.07) is 3.66. The molecule has 0 heterocycles. The number of aryl methyl sites for hydroxylation is 1. The van der Waals surface area contributed by atoms with Gasteiger partial charge in [0.25, 0.3) is 0 Å². The maximum Gasteiger partial charge on any atom is 0.336 e. The van der Waals surface area contributed by atoms with Crippen molar-refractivity contribution in [3.63, 3.8) is 0 Å². The van der Waals surface area contributed by atoms with E-state index in [0.29, 0.717) is 12.1 Å². The topological polar surface area (TPSA) is 63.3 Å². The highest BCUT2D eigenvalue weighted by atomic mass is 16.4. The summed E-state index contributed by atoms with van der Waals surface area (Å²) in [5.74, 6) is -0.884. The largest absolute Gasteiger partial charge is 0.478 e. The highest BCUT2D eigenvalue weighted by Gasteiger charge is 2.12. The fourth-order valence-electron chi connectivity index (χ4n) is 1.44. The van der Waals surface area contributed by atoms with Crippen molar-refractivity contribution in [3.05, 3.63) is 34.4 Å². The van der Waals surface area contributed by atoms with E-state index in [1.165, 1.54) is 0 Å². The molecule has 0 atom stereocenters. The van der Waals surface area contributed by atoms with E-state index in [9.17, 15) is 4.79 Å². The quantitative estimate of drug-likeness (QED) is 0.722. The summed E-state index contributed by atoms with van der Waals surface area (Å²) >= 11 is 0. The molecule has 0 unspecified atom stereocenters. The molecule has 0 aliphatic carbocycles. The number of carbonyl (C=O) groups is 1. The van der Waals surface area contributed by atoms with E-state index in [0.717, 1.165) is 16.7 Å². The number of carboxylic acid groups (broad SMARTS) is 1. The zero-order valence-electron chi connectivity index (χ0n) is 7.79. The summed E-state index contributed by atoms with van der Waals surface area (Å²) in [5, 5.41) is 8.93. The van der Waals surface area contributed by atoms with Gasteiger partial charge in [-0.3, -0.25) is 0 Å². The van der Waals surface area contributed by atoms with E-state index in [2.05, 4.69) is 0 Å². The van der Waals surface area contributed by atoms with Gasteiger partial charge in [0.15, 0.2) is 0 Å². The fourth-order valence-corrected chi connectivity index (χ4v) is 1.44. The third kappa shape index (κ3) is 1.70. The number of carboxylic acids is 1. The Morgan fingerprint density at radius 3 is 2.54 bits per heavy atom. The molecule has 0 saturated carbocycles. The fraction of sp³-hybridized carbons (Fsp3) is 0.300. The standard InChI is InChI=1S/C10H13NO2/c1-6-3-4-8(5-11)7(2)9(6)10(12)13/h3-4H,5,11H2,1-2H3,(H,12,13). The van der Waals surface area contributed by atoms with Crippen molar-refractivity contribution < 1.29 is 9.90 Å². The highest BCUT2D eigenvalue weighted by Crippen LogP contribution is 2.17. The van der Waals surface area contributed by atoms with Crippen LogP contribution in [0.1, 0.15) is 27.0 Å². The van der Waals surface area contributed by atoms with Crippen LogP contribution in [0.3, 0.4) is 0 Å². The van der Waals surface area contributed by atoms with Gasteiger partial charge in [0.2, 0.25) is 0 Å². The smallest absolute Gasteiger partial charge is 0.336 e. The molecule has 3 N–H and O–H groups in total. The summed E-state index contributed by atoms with van der Waals surface area (Å²) < 4.78 is 0. The molecule has 70 valence electrons. The van der Waals surface area contributed by atoms with Gasteiger partial charge >= 0.3 is 5.97 Å². The van der Waals surface area contributed by atoms with Gasteiger partial charge in [0, 0.05) is 6.54 Å². The summed E-state index contributed by atoms with van der Waals surface area (Å²) in [5.41, 5.74) is 8.30. The third-order valence-electron chi connectivity index (χ3n) is 2.22. The predicted molar refractivity (Wildman–Crippen MR) is 50.8 cm³/mol. The molecule has 3 nitrogen and oxygen atoms in total.